The second-order valence-corrected chi connectivity index (χ2v) is 10.2. The number of nitrogens with one attached hydrogen (secondary N) is 1. The average molecular weight is 477 g/mol. The number of hydrogen-bond donors (Lipinski definition) is 2. The number of hydrogen-bond acceptors (Lipinski definition) is 4. The number of likely N-dealkylation sites (tertiary alicyclic amines) is 1. The van der Waals surface area contributed by atoms with Gasteiger partial charge in [0.25, 0.3) is 0 Å². The van der Waals surface area contributed by atoms with Gasteiger partial charge in [-0.25, -0.2) is 4.79 Å². The molecule has 2 N–H and O–H groups in total. The minimum atomic E-state index is -0.822. The van der Waals surface area contributed by atoms with Crippen molar-refractivity contribution in [1.82, 2.24) is 10.2 Å². The Balaban J connectivity index is 1.09. The molecule has 0 aromatic heterocycles. The smallest absolute Gasteiger partial charge is 0.407 e. The molecular formula is C28H32N2O5. The highest BCUT2D eigenvalue weighted by molar-refractivity contribution is 5.83. The molecule has 2 aromatic carbocycles. The Kier molecular flexibility index (Phi) is 6.26. The standard InChI is InChI=1S/C28H32N2O5/c1-2-28(26(32)33)16-30(17-28)25(31)14-18-11-12-19(13-18)29-27(34)35-15-24-22-9-5-3-7-20(22)21-8-4-6-10-23(21)24/h3-10,18-19,24H,2,11-17H2,1H3,(H,29,34)(H,32,33)/t18-,19+/m0/s1. The summed E-state index contributed by atoms with van der Waals surface area (Å²) in [5.41, 5.74) is 3.98. The molecule has 2 atom stereocenters. The van der Waals surface area contributed by atoms with Crippen molar-refractivity contribution >= 4 is 18.0 Å². The molecule has 7 nitrogen and oxygen atoms in total. The SMILES string of the molecule is CCC1(C(=O)O)CN(C(=O)C[C@H]2CC[C@@H](NC(=O)OCC3c4ccccc4-c4ccccc43)C2)C1. The quantitative estimate of drug-likeness (QED) is 0.617. The first-order valence-corrected chi connectivity index (χ1v) is 12.5. The van der Waals surface area contributed by atoms with Gasteiger partial charge in [0.15, 0.2) is 0 Å². The monoisotopic (exact) mass is 476 g/mol. The van der Waals surface area contributed by atoms with Crippen LogP contribution in [-0.4, -0.2) is 53.7 Å². The second kappa shape index (κ2) is 9.36. The Hall–Kier alpha value is -3.35. The summed E-state index contributed by atoms with van der Waals surface area (Å²) in [6.07, 6.45) is 2.94. The van der Waals surface area contributed by atoms with E-state index in [4.69, 9.17) is 4.74 Å². The third kappa shape index (κ3) is 4.40. The fourth-order valence-corrected chi connectivity index (χ4v) is 5.95. The number of carbonyl (C=O) groups excluding carboxylic acids is 2. The van der Waals surface area contributed by atoms with Crippen molar-refractivity contribution in [3.63, 3.8) is 0 Å². The van der Waals surface area contributed by atoms with Crippen LogP contribution in [0.5, 0.6) is 0 Å². The molecule has 35 heavy (non-hydrogen) atoms. The van der Waals surface area contributed by atoms with Gasteiger partial charge in [0, 0.05) is 31.5 Å². The molecule has 2 aliphatic carbocycles. The Bertz CT molecular complexity index is 1090. The second-order valence-electron chi connectivity index (χ2n) is 10.2. The number of ether oxygens (including phenoxy) is 1. The average Bonchev–Trinajstić information content (AvgIpc) is 3.39. The summed E-state index contributed by atoms with van der Waals surface area (Å²) in [4.78, 5) is 38.3. The summed E-state index contributed by atoms with van der Waals surface area (Å²) < 4.78 is 5.66. The predicted molar refractivity (Wildman–Crippen MR) is 131 cm³/mol. The molecule has 2 fully saturated rings. The Morgan fingerprint density at radius 3 is 2.26 bits per heavy atom. The molecule has 184 valence electrons. The predicted octanol–water partition coefficient (Wildman–Crippen LogP) is 4.41. The van der Waals surface area contributed by atoms with E-state index in [1.54, 1.807) is 4.90 Å². The number of benzene rings is 2. The topological polar surface area (TPSA) is 95.9 Å². The lowest BCUT2D eigenvalue weighted by Gasteiger charge is -2.47. The van der Waals surface area contributed by atoms with Crippen LogP contribution in [0.1, 0.15) is 56.1 Å². The van der Waals surface area contributed by atoms with E-state index < -0.39 is 17.5 Å². The summed E-state index contributed by atoms with van der Waals surface area (Å²) in [6.45, 7) is 2.73. The summed E-state index contributed by atoms with van der Waals surface area (Å²) in [6, 6.07) is 16.5. The van der Waals surface area contributed by atoms with Crippen molar-refractivity contribution in [2.45, 2.75) is 51.0 Å². The molecule has 1 saturated heterocycles. The fourth-order valence-electron chi connectivity index (χ4n) is 5.95. The van der Waals surface area contributed by atoms with Crippen molar-refractivity contribution < 1.29 is 24.2 Å². The molecule has 2 amide bonds. The highest BCUT2D eigenvalue weighted by Gasteiger charge is 2.50. The van der Waals surface area contributed by atoms with Gasteiger partial charge in [-0.15, -0.1) is 0 Å². The molecule has 1 saturated carbocycles. The lowest BCUT2D eigenvalue weighted by Crippen LogP contribution is -2.62. The number of alkyl carbamates (subject to hydrolysis) is 1. The molecule has 1 aliphatic heterocycles. The zero-order valence-electron chi connectivity index (χ0n) is 20.0. The minimum Gasteiger partial charge on any atom is -0.481 e. The molecule has 3 aliphatic rings. The third-order valence-electron chi connectivity index (χ3n) is 8.14. The number of amides is 2. The van der Waals surface area contributed by atoms with Crippen LogP contribution in [0, 0.1) is 11.3 Å². The molecule has 0 bridgehead atoms. The van der Waals surface area contributed by atoms with Crippen molar-refractivity contribution in [3.8, 4) is 11.1 Å². The molecule has 5 rings (SSSR count). The number of rotatable bonds is 7. The molecule has 1 heterocycles. The number of carboxylic acid groups (broad SMARTS) is 1. The third-order valence-corrected chi connectivity index (χ3v) is 8.14. The first-order valence-electron chi connectivity index (χ1n) is 12.5. The normalized spacial score (nSPS) is 22.1. The van der Waals surface area contributed by atoms with Crippen LogP contribution in [0.3, 0.4) is 0 Å². The van der Waals surface area contributed by atoms with E-state index in [-0.39, 0.29) is 30.4 Å². The van der Waals surface area contributed by atoms with Crippen LogP contribution in [0.15, 0.2) is 48.5 Å². The molecule has 0 radical (unpaired) electrons. The van der Waals surface area contributed by atoms with Gasteiger partial charge in [-0.3, -0.25) is 9.59 Å². The van der Waals surface area contributed by atoms with Crippen LogP contribution in [-0.2, 0) is 14.3 Å². The van der Waals surface area contributed by atoms with Gasteiger partial charge >= 0.3 is 12.1 Å². The molecule has 0 spiro atoms. The van der Waals surface area contributed by atoms with Crippen LogP contribution < -0.4 is 5.32 Å². The highest BCUT2D eigenvalue weighted by Crippen LogP contribution is 2.44. The van der Waals surface area contributed by atoms with Crippen molar-refractivity contribution in [2.24, 2.45) is 11.3 Å². The number of fused-ring (bicyclic) bond motifs is 3. The fraction of sp³-hybridized carbons (Fsp3) is 0.464. The van der Waals surface area contributed by atoms with Crippen LogP contribution >= 0.6 is 0 Å². The van der Waals surface area contributed by atoms with Crippen LogP contribution in [0.4, 0.5) is 4.79 Å². The van der Waals surface area contributed by atoms with E-state index in [0.29, 0.717) is 25.9 Å². The largest absolute Gasteiger partial charge is 0.481 e. The van der Waals surface area contributed by atoms with E-state index in [1.807, 2.05) is 31.2 Å². The van der Waals surface area contributed by atoms with E-state index in [1.165, 1.54) is 22.3 Å². The van der Waals surface area contributed by atoms with Gasteiger partial charge in [0.05, 0.1) is 0 Å². The number of nitrogens with zero attached hydrogens (tertiary/aromatic N) is 1. The van der Waals surface area contributed by atoms with Gasteiger partial charge in [0.2, 0.25) is 5.91 Å². The van der Waals surface area contributed by atoms with E-state index in [0.717, 1.165) is 19.3 Å². The van der Waals surface area contributed by atoms with Crippen LogP contribution in [0.25, 0.3) is 11.1 Å². The number of carboxylic acids is 1. The summed E-state index contributed by atoms with van der Waals surface area (Å²) in [5, 5.41) is 12.4. The number of carbonyl (C=O) groups is 3. The van der Waals surface area contributed by atoms with E-state index in [9.17, 15) is 19.5 Å². The van der Waals surface area contributed by atoms with E-state index in [2.05, 4.69) is 29.6 Å². The lowest BCUT2D eigenvalue weighted by molar-refractivity contribution is -0.166. The number of aliphatic carboxylic acids is 1. The highest BCUT2D eigenvalue weighted by atomic mass is 16.5. The Labute approximate surface area is 205 Å². The van der Waals surface area contributed by atoms with Crippen molar-refractivity contribution in [2.75, 3.05) is 19.7 Å². The molecule has 7 heteroatoms. The first kappa shape index (κ1) is 23.4. The maximum absolute atomic E-state index is 12.6. The molecule has 0 unspecified atom stereocenters. The Morgan fingerprint density at radius 1 is 1.03 bits per heavy atom. The summed E-state index contributed by atoms with van der Waals surface area (Å²) in [5.74, 6) is -0.582. The van der Waals surface area contributed by atoms with Gasteiger partial charge in [0.1, 0.15) is 12.0 Å². The summed E-state index contributed by atoms with van der Waals surface area (Å²) >= 11 is 0. The van der Waals surface area contributed by atoms with Gasteiger partial charge in [-0.1, -0.05) is 55.5 Å². The lowest BCUT2D eigenvalue weighted by atomic mass is 9.77. The molecule has 2 aromatic rings. The zero-order chi connectivity index (χ0) is 24.6. The van der Waals surface area contributed by atoms with Crippen molar-refractivity contribution in [3.05, 3.63) is 59.7 Å². The van der Waals surface area contributed by atoms with E-state index >= 15 is 0 Å². The van der Waals surface area contributed by atoms with Gasteiger partial charge < -0.3 is 20.1 Å². The maximum atomic E-state index is 12.6. The summed E-state index contributed by atoms with van der Waals surface area (Å²) in [7, 11) is 0. The Morgan fingerprint density at radius 2 is 1.66 bits per heavy atom. The zero-order valence-corrected chi connectivity index (χ0v) is 20.0. The van der Waals surface area contributed by atoms with Gasteiger partial charge in [-0.05, 0) is 53.9 Å². The first-order chi connectivity index (χ1) is 16.9. The minimum absolute atomic E-state index is 0.00593. The van der Waals surface area contributed by atoms with Gasteiger partial charge in [-0.2, -0.15) is 0 Å². The van der Waals surface area contributed by atoms with Crippen molar-refractivity contribution in [1.29, 1.82) is 0 Å². The van der Waals surface area contributed by atoms with Crippen LogP contribution in [0.2, 0.25) is 0 Å². The molecular weight excluding hydrogens is 444 g/mol. The maximum Gasteiger partial charge on any atom is 0.407 e.